The lowest BCUT2D eigenvalue weighted by atomic mass is 9.76. The molecule has 7 heteroatoms. The molecule has 0 saturated carbocycles. The Morgan fingerprint density at radius 2 is 1.53 bits per heavy atom. The summed E-state index contributed by atoms with van der Waals surface area (Å²) in [6.07, 6.45) is 3.85. The van der Waals surface area contributed by atoms with Gasteiger partial charge < -0.3 is 20.7 Å². The maximum absolute atomic E-state index is 14.0. The smallest absolute Gasteiger partial charge is 0.319 e. The quantitative estimate of drug-likeness (QED) is 0.158. The Morgan fingerprint density at radius 1 is 0.860 bits per heavy atom. The molecule has 0 aromatic heterocycles. The number of hydrogen-bond acceptors (Lipinski definition) is 3. The van der Waals surface area contributed by atoms with Crippen molar-refractivity contribution in [2.45, 2.75) is 90.5 Å². The van der Waals surface area contributed by atoms with Gasteiger partial charge in [0.25, 0.3) is 0 Å². The van der Waals surface area contributed by atoms with Gasteiger partial charge >= 0.3 is 6.03 Å². The van der Waals surface area contributed by atoms with Gasteiger partial charge in [-0.1, -0.05) is 96.1 Å². The minimum Gasteiger partial charge on any atom is -0.493 e. The summed E-state index contributed by atoms with van der Waals surface area (Å²) in [6, 6.07) is 20.5. The highest BCUT2D eigenvalue weighted by molar-refractivity contribution is 5.93. The second kappa shape index (κ2) is 15.6. The van der Waals surface area contributed by atoms with Gasteiger partial charge in [0.15, 0.2) is 0 Å². The molecular weight excluding hydrogens is 541 g/mol. The number of nitrogens with one attached hydrogen (secondary N) is 3. The normalized spacial score (nSPS) is 12.3. The maximum atomic E-state index is 14.0. The molecule has 0 aliphatic carbocycles. The molecule has 6 nitrogen and oxygen atoms in total. The number of anilines is 1. The third-order valence-corrected chi connectivity index (χ3v) is 8.41. The summed E-state index contributed by atoms with van der Waals surface area (Å²) in [5.41, 5.74) is 3.59. The van der Waals surface area contributed by atoms with Crippen LogP contribution in [-0.2, 0) is 22.0 Å². The van der Waals surface area contributed by atoms with E-state index in [0.717, 1.165) is 37.0 Å². The van der Waals surface area contributed by atoms with Crippen LogP contribution in [0.15, 0.2) is 72.8 Å². The topological polar surface area (TPSA) is 79.5 Å². The molecule has 1 atom stereocenters. The van der Waals surface area contributed by atoms with Crippen LogP contribution in [-0.4, -0.2) is 31.1 Å². The van der Waals surface area contributed by atoms with E-state index in [1.54, 1.807) is 12.1 Å². The Kier molecular flexibility index (Phi) is 12.2. The Balaban J connectivity index is 1.55. The van der Waals surface area contributed by atoms with Crippen molar-refractivity contribution in [2.24, 2.45) is 0 Å². The third kappa shape index (κ3) is 9.84. The lowest BCUT2D eigenvalue weighted by molar-refractivity contribution is -0.122. The number of unbranched alkanes of at least 4 members (excludes halogenated alkanes) is 1. The average molecular weight is 590 g/mol. The standard InChI is InChI=1S/C36H48FN3O3/c1-7-35(3,4)27-20-21-32(28(25-27)36(5,6)8-2)43-23-15-14-22-38-33(41)31(24-26-16-10-9-11-17-26)40-34(42)39-30-19-13-12-18-29(30)37/h9-13,16-21,25,31H,7-8,14-15,22-24H2,1-6H3,(H,38,41)(H2,39,40,42). The van der Waals surface area contributed by atoms with Crippen LogP contribution >= 0.6 is 0 Å². The van der Waals surface area contributed by atoms with Crippen molar-refractivity contribution in [3.8, 4) is 5.75 Å². The highest BCUT2D eigenvalue weighted by Gasteiger charge is 2.27. The number of amides is 3. The fourth-order valence-corrected chi connectivity index (χ4v) is 4.68. The molecule has 0 aliphatic rings. The number of ether oxygens (including phenoxy) is 1. The van der Waals surface area contributed by atoms with E-state index in [9.17, 15) is 14.0 Å². The summed E-state index contributed by atoms with van der Waals surface area (Å²) < 4.78 is 20.3. The van der Waals surface area contributed by atoms with Crippen LogP contribution in [0.5, 0.6) is 5.75 Å². The van der Waals surface area contributed by atoms with Crippen molar-refractivity contribution in [1.82, 2.24) is 10.6 Å². The molecule has 3 aromatic carbocycles. The Bertz CT molecular complexity index is 1340. The van der Waals surface area contributed by atoms with E-state index in [-0.39, 0.29) is 22.4 Å². The first-order valence-corrected chi connectivity index (χ1v) is 15.4. The molecule has 3 rings (SSSR count). The first kappa shape index (κ1) is 33.6. The van der Waals surface area contributed by atoms with Crippen molar-refractivity contribution in [1.29, 1.82) is 0 Å². The van der Waals surface area contributed by atoms with Gasteiger partial charge in [-0.15, -0.1) is 0 Å². The fraction of sp³-hybridized carbons (Fsp3) is 0.444. The van der Waals surface area contributed by atoms with E-state index >= 15 is 0 Å². The minimum atomic E-state index is -0.824. The summed E-state index contributed by atoms with van der Waals surface area (Å²) in [7, 11) is 0. The van der Waals surface area contributed by atoms with Crippen LogP contribution in [0.4, 0.5) is 14.9 Å². The number of halogens is 1. The first-order valence-electron chi connectivity index (χ1n) is 15.4. The molecule has 0 radical (unpaired) electrons. The zero-order chi connectivity index (χ0) is 31.5. The monoisotopic (exact) mass is 589 g/mol. The molecular formula is C36H48FN3O3. The van der Waals surface area contributed by atoms with E-state index in [4.69, 9.17) is 4.74 Å². The largest absolute Gasteiger partial charge is 0.493 e. The number of rotatable bonds is 15. The highest BCUT2D eigenvalue weighted by Crippen LogP contribution is 2.38. The molecule has 0 bridgehead atoms. The van der Waals surface area contributed by atoms with Crippen molar-refractivity contribution in [3.63, 3.8) is 0 Å². The number of para-hydroxylation sites is 1. The van der Waals surface area contributed by atoms with Gasteiger partial charge in [0, 0.05) is 18.5 Å². The summed E-state index contributed by atoms with van der Waals surface area (Å²) in [5.74, 6) is 0.0733. The van der Waals surface area contributed by atoms with Gasteiger partial charge in [-0.05, 0) is 65.8 Å². The summed E-state index contributed by atoms with van der Waals surface area (Å²) >= 11 is 0. The zero-order valence-electron chi connectivity index (χ0n) is 26.6. The highest BCUT2D eigenvalue weighted by atomic mass is 19.1. The molecule has 0 fully saturated rings. The van der Waals surface area contributed by atoms with Crippen LogP contribution in [0.1, 0.15) is 83.9 Å². The molecule has 3 aromatic rings. The van der Waals surface area contributed by atoms with Gasteiger partial charge in [0.05, 0.1) is 12.3 Å². The van der Waals surface area contributed by atoms with Gasteiger partial charge in [0.1, 0.15) is 17.6 Å². The fourth-order valence-electron chi connectivity index (χ4n) is 4.68. The van der Waals surface area contributed by atoms with Crippen LogP contribution in [0, 0.1) is 5.82 Å². The van der Waals surface area contributed by atoms with Crippen molar-refractivity contribution in [3.05, 3.63) is 95.3 Å². The van der Waals surface area contributed by atoms with Crippen molar-refractivity contribution in [2.75, 3.05) is 18.5 Å². The number of carbonyl (C=O) groups is 2. The first-order chi connectivity index (χ1) is 20.5. The number of hydrogen-bond donors (Lipinski definition) is 3. The van der Waals surface area contributed by atoms with Crippen LogP contribution in [0.3, 0.4) is 0 Å². The maximum Gasteiger partial charge on any atom is 0.319 e. The third-order valence-electron chi connectivity index (χ3n) is 8.41. The predicted octanol–water partition coefficient (Wildman–Crippen LogP) is 7.91. The minimum absolute atomic E-state index is 0.0114. The number of benzene rings is 3. The van der Waals surface area contributed by atoms with E-state index in [2.05, 4.69) is 75.7 Å². The van der Waals surface area contributed by atoms with Crippen LogP contribution < -0.4 is 20.7 Å². The SMILES string of the molecule is CCC(C)(C)c1ccc(OCCCCNC(=O)C(Cc2ccccc2)NC(=O)Nc2ccccc2F)c(C(C)(C)CC)c1. The Labute approximate surface area is 256 Å². The average Bonchev–Trinajstić information content (AvgIpc) is 3.00. The predicted molar refractivity (Wildman–Crippen MR) is 173 cm³/mol. The van der Waals surface area contributed by atoms with Gasteiger partial charge in [-0.3, -0.25) is 4.79 Å². The van der Waals surface area contributed by atoms with Gasteiger partial charge in [-0.25, -0.2) is 9.18 Å². The second-order valence-electron chi connectivity index (χ2n) is 12.4. The molecule has 0 aliphatic heterocycles. The van der Waals surface area contributed by atoms with Gasteiger partial charge in [0.2, 0.25) is 5.91 Å². The van der Waals surface area contributed by atoms with E-state index in [1.807, 2.05) is 30.3 Å². The summed E-state index contributed by atoms with van der Waals surface area (Å²) in [5, 5.41) is 8.15. The summed E-state index contributed by atoms with van der Waals surface area (Å²) in [4.78, 5) is 25.8. The molecule has 0 saturated heterocycles. The van der Waals surface area contributed by atoms with Crippen molar-refractivity contribution < 1.29 is 18.7 Å². The van der Waals surface area contributed by atoms with E-state index in [1.165, 1.54) is 23.3 Å². The number of urea groups is 1. The second-order valence-corrected chi connectivity index (χ2v) is 12.4. The van der Waals surface area contributed by atoms with Crippen LogP contribution in [0.2, 0.25) is 0 Å². The molecule has 0 spiro atoms. The Hall–Kier alpha value is -3.87. The lowest BCUT2D eigenvalue weighted by Gasteiger charge is -2.30. The molecule has 0 heterocycles. The van der Waals surface area contributed by atoms with Crippen LogP contribution in [0.25, 0.3) is 0 Å². The number of carbonyl (C=O) groups excluding carboxylic acids is 2. The summed E-state index contributed by atoms with van der Waals surface area (Å²) in [6.45, 7) is 14.5. The van der Waals surface area contributed by atoms with Crippen molar-refractivity contribution >= 4 is 17.6 Å². The molecule has 3 N–H and O–H groups in total. The zero-order valence-corrected chi connectivity index (χ0v) is 26.6. The Morgan fingerprint density at radius 3 is 2.21 bits per heavy atom. The molecule has 3 amide bonds. The van der Waals surface area contributed by atoms with E-state index in [0.29, 0.717) is 19.6 Å². The molecule has 1 unspecified atom stereocenters. The molecule has 232 valence electrons. The lowest BCUT2D eigenvalue weighted by Crippen LogP contribution is -2.49. The van der Waals surface area contributed by atoms with E-state index < -0.39 is 17.9 Å². The van der Waals surface area contributed by atoms with Gasteiger partial charge in [-0.2, -0.15) is 0 Å². The molecule has 43 heavy (non-hydrogen) atoms.